The van der Waals surface area contributed by atoms with Gasteiger partial charge in [0, 0.05) is 5.69 Å². The third-order valence-corrected chi connectivity index (χ3v) is 2.74. The van der Waals surface area contributed by atoms with Crippen LogP contribution in [-0.4, -0.2) is 25.3 Å². The van der Waals surface area contributed by atoms with Gasteiger partial charge in [-0.15, -0.1) is 0 Å². The molecule has 0 unspecified atom stereocenters. The Bertz CT molecular complexity index is 667. The van der Waals surface area contributed by atoms with E-state index in [-0.39, 0.29) is 0 Å². The molecule has 0 aliphatic rings. The highest BCUT2D eigenvalue weighted by Crippen LogP contribution is 2.05. The monoisotopic (exact) mass is 297 g/mol. The second-order valence-electron chi connectivity index (χ2n) is 4.30. The minimum Gasteiger partial charge on any atom is -0.465 e. The predicted octanol–water partition coefficient (Wildman–Crippen LogP) is 2.63. The maximum atomic E-state index is 11.6. The number of nitrogens with zero attached hydrogens (tertiary/aromatic N) is 1. The molecule has 0 bridgehead atoms. The van der Waals surface area contributed by atoms with Crippen molar-refractivity contribution in [2.24, 2.45) is 5.10 Å². The van der Waals surface area contributed by atoms with Gasteiger partial charge in [0.15, 0.2) is 0 Å². The molecule has 2 amide bonds. The number of hydrazone groups is 1. The number of hydrogen-bond acceptors (Lipinski definition) is 4. The van der Waals surface area contributed by atoms with E-state index >= 15 is 0 Å². The van der Waals surface area contributed by atoms with E-state index in [9.17, 15) is 9.59 Å². The first-order valence-corrected chi connectivity index (χ1v) is 6.52. The van der Waals surface area contributed by atoms with E-state index in [1.165, 1.54) is 13.3 Å². The Morgan fingerprint density at radius 2 is 1.73 bits per heavy atom. The lowest BCUT2D eigenvalue weighted by molar-refractivity contribution is 0.0600. The molecule has 2 aromatic rings. The summed E-state index contributed by atoms with van der Waals surface area (Å²) in [6, 6.07) is 15.3. The molecule has 0 atom stereocenters. The molecule has 0 aliphatic carbocycles. The van der Waals surface area contributed by atoms with Crippen LogP contribution in [0.5, 0.6) is 0 Å². The van der Waals surface area contributed by atoms with Crippen LogP contribution in [0.3, 0.4) is 0 Å². The molecular formula is C16H15N3O3. The van der Waals surface area contributed by atoms with Crippen molar-refractivity contribution in [3.8, 4) is 0 Å². The van der Waals surface area contributed by atoms with Gasteiger partial charge in [-0.25, -0.2) is 15.0 Å². The average Bonchev–Trinajstić information content (AvgIpc) is 2.55. The van der Waals surface area contributed by atoms with Gasteiger partial charge in [-0.05, 0) is 29.8 Å². The Labute approximate surface area is 127 Å². The highest BCUT2D eigenvalue weighted by molar-refractivity contribution is 5.92. The van der Waals surface area contributed by atoms with Gasteiger partial charge in [-0.1, -0.05) is 30.3 Å². The largest absolute Gasteiger partial charge is 0.465 e. The van der Waals surface area contributed by atoms with Crippen molar-refractivity contribution in [3.63, 3.8) is 0 Å². The number of ether oxygens (including phenoxy) is 1. The fourth-order valence-corrected chi connectivity index (χ4v) is 1.67. The van der Waals surface area contributed by atoms with Crippen LogP contribution in [-0.2, 0) is 4.74 Å². The summed E-state index contributed by atoms with van der Waals surface area (Å²) in [5, 5.41) is 6.46. The molecule has 2 rings (SSSR count). The molecule has 22 heavy (non-hydrogen) atoms. The number of esters is 1. The van der Waals surface area contributed by atoms with Gasteiger partial charge in [-0.2, -0.15) is 5.10 Å². The third-order valence-electron chi connectivity index (χ3n) is 2.74. The zero-order chi connectivity index (χ0) is 15.8. The number of hydrogen-bond donors (Lipinski definition) is 2. The van der Waals surface area contributed by atoms with Crippen molar-refractivity contribution in [2.45, 2.75) is 0 Å². The molecule has 0 heterocycles. The highest BCUT2D eigenvalue weighted by Gasteiger charge is 2.03. The molecule has 2 aromatic carbocycles. The third kappa shape index (κ3) is 4.45. The molecule has 0 saturated carbocycles. The predicted molar refractivity (Wildman–Crippen MR) is 84.0 cm³/mol. The lowest BCUT2D eigenvalue weighted by atomic mass is 10.1. The number of carbonyl (C=O) groups excluding carboxylic acids is 2. The number of rotatable bonds is 4. The van der Waals surface area contributed by atoms with Crippen molar-refractivity contribution in [3.05, 3.63) is 65.7 Å². The van der Waals surface area contributed by atoms with E-state index in [2.05, 4.69) is 20.6 Å². The lowest BCUT2D eigenvalue weighted by Gasteiger charge is -2.03. The SMILES string of the molecule is COC(=O)c1ccc(/C=N/NC(=O)Nc2ccccc2)cc1. The molecule has 2 N–H and O–H groups in total. The summed E-state index contributed by atoms with van der Waals surface area (Å²) in [7, 11) is 1.33. The fourth-order valence-electron chi connectivity index (χ4n) is 1.67. The van der Waals surface area contributed by atoms with Crippen LogP contribution in [0.15, 0.2) is 59.7 Å². The zero-order valence-electron chi connectivity index (χ0n) is 11.9. The molecule has 0 saturated heterocycles. The van der Waals surface area contributed by atoms with Gasteiger partial charge >= 0.3 is 12.0 Å². The maximum Gasteiger partial charge on any atom is 0.339 e. The molecule has 0 radical (unpaired) electrons. The second kappa shape index (κ2) is 7.58. The Hall–Kier alpha value is -3.15. The van der Waals surface area contributed by atoms with Crippen molar-refractivity contribution in [1.29, 1.82) is 0 Å². The first-order valence-electron chi connectivity index (χ1n) is 6.52. The average molecular weight is 297 g/mol. The zero-order valence-corrected chi connectivity index (χ0v) is 11.9. The first-order chi connectivity index (χ1) is 10.7. The minimum atomic E-state index is -0.436. The van der Waals surface area contributed by atoms with Crippen LogP contribution in [0.1, 0.15) is 15.9 Å². The number of methoxy groups -OCH3 is 1. The standard InChI is InChI=1S/C16H15N3O3/c1-22-15(20)13-9-7-12(8-10-13)11-17-19-16(21)18-14-5-3-2-4-6-14/h2-11H,1H3,(H2,18,19,21)/b17-11+. The van der Waals surface area contributed by atoms with Gasteiger partial charge in [0.1, 0.15) is 0 Å². The summed E-state index contributed by atoms with van der Waals surface area (Å²) in [5.74, 6) is -0.399. The molecular weight excluding hydrogens is 282 g/mol. The summed E-state index contributed by atoms with van der Waals surface area (Å²) < 4.78 is 4.61. The number of carbonyl (C=O) groups is 2. The summed E-state index contributed by atoms with van der Waals surface area (Å²) in [6.45, 7) is 0. The van der Waals surface area contributed by atoms with Gasteiger partial charge in [0.25, 0.3) is 0 Å². The van der Waals surface area contributed by atoms with Crippen molar-refractivity contribution >= 4 is 23.9 Å². The molecule has 0 fully saturated rings. The van der Waals surface area contributed by atoms with Crippen LogP contribution in [0.25, 0.3) is 0 Å². The normalized spacial score (nSPS) is 10.2. The maximum absolute atomic E-state index is 11.6. The second-order valence-corrected chi connectivity index (χ2v) is 4.30. The van der Waals surface area contributed by atoms with Crippen LogP contribution < -0.4 is 10.7 Å². The summed E-state index contributed by atoms with van der Waals surface area (Å²) in [4.78, 5) is 22.9. The van der Waals surface area contributed by atoms with E-state index in [0.29, 0.717) is 11.3 Å². The first kappa shape index (κ1) is 15.2. The number of para-hydroxylation sites is 1. The smallest absolute Gasteiger partial charge is 0.339 e. The van der Waals surface area contributed by atoms with Gasteiger partial charge < -0.3 is 10.1 Å². The topological polar surface area (TPSA) is 79.8 Å². The fraction of sp³-hybridized carbons (Fsp3) is 0.0625. The van der Waals surface area contributed by atoms with E-state index in [4.69, 9.17) is 0 Å². The Morgan fingerprint density at radius 3 is 2.36 bits per heavy atom. The summed E-state index contributed by atoms with van der Waals surface area (Å²) >= 11 is 0. The number of benzene rings is 2. The van der Waals surface area contributed by atoms with Crippen LogP contribution in [0.2, 0.25) is 0 Å². The molecule has 0 spiro atoms. The van der Waals surface area contributed by atoms with Gasteiger partial charge in [0.05, 0.1) is 18.9 Å². The number of amides is 2. The number of anilines is 1. The van der Waals surface area contributed by atoms with Crippen molar-refractivity contribution in [1.82, 2.24) is 5.43 Å². The van der Waals surface area contributed by atoms with E-state index in [1.807, 2.05) is 18.2 Å². The molecule has 0 aliphatic heterocycles. The van der Waals surface area contributed by atoms with Crippen LogP contribution in [0.4, 0.5) is 10.5 Å². The molecule has 0 aromatic heterocycles. The van der Waals surface area contributed by atoms with Gasteiger partial charge in [0.2, 0.25) is 0 Å². The summed E-state index contributed by atoms with van der Waals surface area (Å²) in [6.07, 6.45) is 1.48. The molecule has 6 heteroatoms. The highest BCUT2D eigenvalue weighted by atomic mass is 16.5. The Kier molecular flexibility index (Phi) is 5.25. The minimum absolute atomic E-state index is 0.399. The van der Waals surface area contributed by atoms with Gasteiger partial charge in [-0.3, -0.25) is 0 Å². The van der Waals surface area contributed by atoms with Crippen molar-refractivity contribution < 1.29 is 14.3 Å². The van der Waals surface area contributed by atoms with E-state index < -0.39 is 12.0 Å². The summed E-state index contributed by atoms with van der Waals surface area (Å²) in [5.41, 5.74) is 4.23. The van der Waals surface area contributed by atoms with E-state index in [1.54, 1.807) is 36.4 Å². The van der Waals surface area contributed by atoms with Crippen LogP contribution in [0, 0.1) is 0 Å². The van der Waals surface area contributed by atoms with E-state index in [0.717, 1.165) is 5.56 Å². The Morgan fingerprint density at radius 1 is 1.05 bits per heavy atom. The lowest BCUT2D eigenvalue weighted by Crippen LogP contribution is -2.24. The molecule has 6 nitrogen and oxygen atoms in total. The quantitative estimate of drug-likeness (QED) is 0.517. The molecule has 112 valence electrons. The van der Waals surface area contributed by atoms with Crippen LogP contribution >= 0.6 is 0 Å². The number of nitrogens with one attached hydrogen (secondary N) is 2. The Balaban J connectivity index is 1.87. The number of urea groups is 1. The van der Waals surface area contributed by atoms with Crippen molar-refractivity contribution in [2.75, 3.05) is 12.4 Å².